The molecule has 1 amide bonds. The molecule has 4 N–H and O–H groups in total. The van der Waals surface area contributed by atoms with Crippen LogP contribution in [0.15, 0.2) is 60.7 Å². The van der Waals surface area contributed by atoms with Crippen molar-refractivity contribution in [2.75, 3.05) is 0 Å². The third-order valence-electron chi connectivity index (χ3n) is 3.67. The average Bonchev–Trinajstić information content (AvgIpc) is 3.00. The van der Waals surface area contributed by atoms with Gasteiger partial charge in [-0.3, -0.25) is 9.59 Å². The minimum Gasteiger partial charge on any atom is -0.480 e. The molecule has 2 aromatic carbocycles. The summed E-state index contributed by atoms with van der Waals surface area (Å²) < 4.78 is 3.47. The molecule has 2 atom stereocenters. The van der Waals surface area contributed by atoms with E-state index >= 15 is 0 Å². The molecule has 8 nitrogen and oxygen atoms in total. The third kappa shape index (κ3) is 10.6. The van der Waals surface area contributed by atoms with Gasteiger partial charge in [-0.2, -0.15) is 0 Å². The second-order valence-corrected chi connectivity index (χ2v) is 6.84. The number of carbonyl (C=O) groups excluding carboxylic acids is 3. The standard InChI is InChI=1S/C10H9NO3.C9H11NO2.CCl2O/c12-9-8(11-10(13)14-9)6-7-4-2-1-3-5-7;10-8(9(11)12)6-7-4-2-1-3-5-7;2-1(3)4/h1-5,8H,6H2,(H,11,13);1-5,8H,6,10H2,(H,11,12);/t2*8-;/m00./s1. The summed E-state index contributed by atoms with van der Waals surface area (Å²) in [7, 11) is 0. The Bertz CT molecular complexity index is 845. The fraction of sp³-hybridized carbons (Fsp3) is 0.200. The van der Waals surface area contributed by atoms with E-state index in [2.05, 4.69) is 33.3 Å². The first-order valence-electron chi connectivity index (χ1n) is 8.62. The first kappa shape index (κ1) is 25.1. The van der Waals surface area contributed by atoms with Gasteiger partial charge in [-0.15, -0.1) is 0 Å². The number of benzene rings is 2. The molecule has 1 saturated heterocycles. The minimum atomic E-state index is -0.959. The van der Waals surface area contributed by atoms with Crippen LogP contribution in [-0.4, -0.2) is 39.9 Å². The van der Waals surface area contributed by atoms with E-state index in [4.69, 9.17) is 15.6 Å². The minimum absolute atomic E-state index is 0.385. The lowest BCUT2D eigenvalue weighted by Gasteiger charge is -2.04. The number of nitrogens with two attached hydrogens (primary N) is 1. The second kappa shape index (κ2) is 13.3. The van der Waals surface area contributed by atoms with E-state index in [-0.39, 0.29) is 0 Å². The maximum absolute atomic E-state index is 11.1. The summed E-state index contributed by atoms with van der Waals surface area (Å²) in [5.41, 5.74) is 7.30. The van der Waals surface area contributed by atoms with Crippen molar-refractivity contribution in [2.24, 2.45) is 5.73 Å². The summed E-state index contributed by atoms with van der Waals surface area (Å²) in [5, 5.41) is 11.0. The molecule has 1 aliphatic heterocycles. The van der Waals surface area contributed by atoms with Gasteiger partial charge in [0.2, 0.25) is 0 Å². The molecule has 0 saturated carbocycles. The number of halogens is 2. The van der Waals surface area contributed by atoms with E-state index in [0.29, 0.717) is 12.8 Å². The number of nitrogens with one attached hydrogen (secondary N) is 1. The summed E-state index contributed by atoms with van der Waals surface area (Å²) in [5.74, 6) is -1.46. The van der Waals surface area contributed by atoms with Crippen LogP contribution < -0.4 is 11.1 Å². The van der Waals surface area contributed by atoms with Crippen LogP contribution in [0.25, 0.3) is 0 Å². The van der Waals surface area contributed by atoms with Crippen molar-refractivity contribution < 1.29 is 29.0 Å². The zero-order valence-electron chi connectivity index (χ0n) is 15.7. The number of esters is 1. The van der Waals surface area contributed by atoms with Crippen LogP contribution in [0, 0.1) is 0 Å². The molecule has 0 radical (unpaired) electrons. The molecule has 160 valence electrons. The Morgan fingerprint density at radius 3 is 1.87 bits per heavy atom. The lowest BCUT2D eigenvalue weighted by Crippen LogP contribution is -2.32. The molecule has 0 spiro atoms. The molecule has 30 heavy (non-hydrogen) atoms. The number of hydrogen-bond donors (Lipinski definition) is 3. The lowest BCUT2D eigenvalue weighted by atomic mass is 10.1. The maximum atomic E-state index is 11.1. The van der Waals surface area contributed by atoms with Crippen LogP contribution in [0.3, 0.4) is 0 Å². The van der Waals surface area contributed by atoms with Crippen molar-refractivity contribution in [3.8, 4) is 0 Å². The highest BCUT2D eigenvalue weighted by Gasteiger charge is 2.32. The van der Waals surface area contributed by atoms with Gasteiger partial charge in [-0.25, -0.2) is 9.59 Å². The van der Waals surface area contributed by atoms with E-state index in [9.17, 15) is 14.4 Å². The van der Waals surface area contributed by atoms with E-state index in [1.54, 1.807) is 0 Å². The number of alkyl carbamates (subject to hydrolysis) is 1. The molecule has 2 aromatic rings. The number of ether oxygens (including phenoxy) is 1. The second-order valence-electron chi connectivity index (χ2n) is 5.96. The Hall–Kier alpha value is -2.94. The summed E-state index contributed by atoms with van der Waals surface area (Å²) in [6.45, 7) is 0. The molecule has 1 aliphatic rings. The average molecular weight is 455 g/mol. The Balaban J connectivity index is 0.000000258. The summed E-state index contributed by atoms with van der Waals surface area (Å²) in [6.07, 6.45) is 0.206. The Morgan fingerprint density at radius 2 is 1.47 bits per heavy atom. The normalized spacial score (nSPS) is 15.4. The van der Waals surface area contributed by atoms with Gasteiger partial charge in [0, 0.05) is 6.42 Å². The smallest absolute Gasteiger partial charge is 0.415 e. The van der Waals surface area contributed by atoms with E-state index in [1.807, 2.05) is 60.7 Å². The number of rotatable bonds is 5. The number of carboxylic acids is 1. The summed E-state index contributed by atoms with van der Waals surface area (Å²) in [6, 6.07) is 17.5. The van der Waals surface area contributed by atoms with Crippen molar-refractivity contribution in [1.82, 2.24) is 5.32 Å². The molecular weight excluding hydrogens is 435 g/mol. The van der Waals surface area contributed by atoms with Crippen LogP contribution in [0.5, 0.6) is 0 Å². The van der Waals surface area contributed by atoms with E-state index < -0.39 is 34.8 Å². The van der Waals surface area contributed by atoms with Crippen molar-refractivity contribution in [2.45, 2.75) is 24.9 Å². The highest BCUT2D eigenvalue weighted by molar-refractivity contribution is 6.93. The highest BCUT2D eigenvalue weighted by Crippen LogP contribution is 2.08. The largest absolute Gasteiger partial charge is 0.480 e. The Kier molecular flexibility index (Phi) is 11.1. The Morgan fingerprint density at radius 1 is 1.00 bits per heavy atom. The van der Waals surface area contributed by atoms with Gasteiger partial charge in [-0.05, 0) is 40.7 Å². The highest BCUT2D eigenvalue weighted by atomic mass is 35.5. The molecule has 1 fully saturated rings. The van der Waals surface area contributed by atoms with Gasteiger partial charge < -0.3 is 20.9 Å². The summed E-state index contributed by atoms with van der Waals surface area (Å²) >= 11 is 8.80. The third-order valence-corrected chi connectivity index (χ3v) is 3.67. The molecule has 0 aromatic heterocycles. The fourth-order valence-corrected chi connectivity index (χ4v) is 2.33. The topological polar surface area (TPSA) is 136 Å². The van der Waals surface area contributed by atoms with Crippen molar-refractivity contribution in [1.29, 1.82) is 0 Å². The number of amides is 1. The van der Waals surface area contributed by atoms with Gasteiger partial charge in [0.05, 0.1) is 0 Å². The molecule has 3 rings (SSSR count). The predicted octanol–water partition coefficient (Wildman–Crippen LogP) is 3.09. The first-order chi connectivity index (χ1) is 14.2. The van der Waals surface area contributed by atoms with Crippen LogP contribution in [0.1, 0.15) is 11.1 Å². The zero-order valence-corrected chi connectivity index (χ0v) is 17.2. The maximum Gasteiger partial charge on any atom is 0.415 e. The number of cyclic esters (lactones) is 2. The Labute approximate surface area is 182 Å². The number of carboxylic acid groups (broad SMARTS) is 1. The van der Waals surface area contributed by atoms with Gasteiger partial charge in [0.25, 0.3) is 0 Å². The van der Waals surface area contributed by atoms with Crippen molar-refractivity contribution >= 4 is 45.9 Å². The van der Waals surface area contributed by atoms with E-state index in [0.717, 1.165) is 11.1 Å². The number of hydrogen-bond acceptors (Lipinski definition) is 6. The van der Waals surface area contributed by atoms with Gasteiger partial charge in [-0.1, -0.05) is 60.7 Å². The van der Waals surface area contributed by atoms with E-state index in [1.165, 1.54) is 0 Å². The van der Waals surface area contributed by atoms with Crippen LogP contribution >= 0.6 is 23.2 Å². The monoisotopic (exact) mass is 454 g/mol. The fourth-order valence-electron chi connectivity index (χ4n) is 2.33. The van der Waals surface area contributed by atoms with Crippen molar-refractivity contribution in [3.05, 3.63) is 71.8 Å². The zero-order chi connectivity index (χ0) is 22.5. The van der Waals surface area contributed by atoms with Crippen molar-refractivity contribution in [3.63, 3.8) is 0 Å². The molecule has 10 heteroatoms. The number of carbonyl (C=O) groups is 4. The predicted molar refractivity (Wildman–Crippen MR) is 111 cm³/mol. The molecular formula is C20H20Cl2N2O6. The molecule has 0 bridgehead atoms. The van der Waals surface area contributed by atoms with Gasteiger partial charge in [0.15, 0.2) is 0 Å². The molecule has 1 heterocycles. The van der Waals surface area contributed by atoms with Gasteiger partial charge in [0.1, 0.15) is 12.1 Å². The van der Waals surface area contributed by atoms with Crippen LogP contribution in [0.4, 0.5) is 9.59 Å². The molecule has 0 aliphatic carbocycles. The molecule has 0 unspecified atom stereocenters. The lowest BCUT2D eigenvalue weighted by molar-refractivity contribution is -0.138. The first-order valence-corrected chi connectivity index (χ1v) is 9.38. The van der Waals surface area contributed by atoms with Crippen LogP contribution in [-0.2, 0) is 27.2 Å². The van der Waals surface area contributed by atoms with Gasteiger partial charge >= 0.3 is 22.7 Å². The number of aliphatic carboxylic acids is 1. The summed E-state index contributed by atoms with van der Waals surface area (Å²) in [4.78, 5) is 41.1. The SMILES string of the molecule is N[C@@H](Cc1ccccc1)C(=O)O.O=C(Cl)Cl.O=C1N[C@@H](Cc2ccccc2)C(=O)O1. The van der Waals surface area contributed by atoms with Crippen LogP contribution in [0.2, 0.25) is 0 Å². The quantitative estimate of drug-likeness (QED) is 0.358.